The van der Waals surface area contributed by atoms with E-state index in [1.165, 1.54) is 5.56 Å². The minimum Gasteiger partial charge on any atom is -0.444 e. The molecule has 0 bridgehead atoms. The summed E-state index contributed by atoms with van der Waals surface area (Å²) in [5, 5.41) is 2.76. The molecule has 4 rings (SSSR count). The monoisotopic (exact) mass is 368 g/mol. The average Bonchev–Trinajstić information content (AvgIpc) is 3.37. The van der Waals surface area contributed by atoms with E-state index in [2.05, 4.69) is 15.2 Å². The standard InChI is InChI=1S/C20H24N4O3/c1-14-2-4-15(5-3-14)19-22-17(13-27-19)12-23-8-10-24(11-9-23)20(26)18(25)21-16-6-7-16/h2-5,13,16H,6-12H2,1H3,(H,21,25). The Bertz CT molecular complexity index is 818. The quantitative estimate of drug-likeness (QED) is 0.829. The summed E-state index contributed by atoms with van der Waals surface area (Å²) < 4.78 is 5.61. The van der Waals surface area contributed by atoms with Crippen LogP contribution in [0, 0.1) is 6.92 Å². The molecule has 0 atom stereocenters. The van der Waals surface area contributed by atoms with E-state index in [1.807, 2.05) is 31.2 Å². The Kier molecular flexibility index (Phi) is 4.94. The van der Waals surface area contributed by atoms with E-state index in [-0.39, 0.29) is 6.04 Å². The maximum atomic E-state index is 12.2. The summed E-state index contributed by atoms with van der Waals surface area (Å²) in [6.07, 6.45) is 3.65. The summed E-state index contributed by atoms with van der Waals surface area (Å²) in [6.45, 7) is 5.26. The zero-order valence-corrected chi connectivity index (χ0v) is 15.5. The summed E-state index contributed by atoms with van der Waals surface area (Å²) in [5.74, 6) is -0.259. The molecule has 7 nitrogen and oxygen atoms in total. The molecule has 2 aromatic rings. The number of carbonyl (C=O) groups excluding carboxylic acids is 2. The number of oxazole rings is 1. The van der Waals surface area contributed by atoms with Gasteiger partial charge in [0.25, 0.3) is 0 Å². The molecule has 1 saturated carbocycles. The first-order valence-electron chi connectivity index (χ1n) is 9.42. The number of hydrogen-bond acceptors (Lipinski definition) is 5. The third-order valence-electron chi connectivity index (χ3n) is 5.00. The van der Waals surface area contributed by atoms with Gasteiger partial charge >= 0.3 is 11.8 Å². The van der Waals surface area contributed by atoms with Crippen LogP contribution >= 0.6 is 0 Å². The Morgan fingerprint density at radius 1 is 1.15 bits per heavy atom. The molecule has 27 heavy (non-hydrogen) atoms. The molecule has 1 aromatic carbocycles. The molecule has 7 heteroatoms. The molecular weight excluding hydrogens is 344 g/mol. The van der Waals surface area contributed by atoms with Crippen molar-refractivity contribution in [1.29, 1.82) is 0 Å². The van der Waals surface area contributed by atoms with Gasteiger partial charge in [-0.15, -0.1) is 0 Å². The Hall–Kier alpha value is -2.67. The molecule has 0 radical (unpaired) electrons. The van der Waals surface area contributed by atoms with Crippen molar-refractivity contribution < 1.29 is 14.0 Å². The Labute approximate surface area is 158 Å². The molecule has 1 aliphatic carbocycles. The van der Waals surface area contributed by atoms with Crippen LogP contribution in [0.15, 0.2) is 34.9 Å². The molecule has 1 saturated heterocycles. The van der Waals surface area contributed by atoms with Crippen LogP contribution < -0.4 is 5.32 Å². The van der Waals surface area contributed by atoms with Crippen LogP contribution in [0.3, 0.4) is 0 Å². The number of aryl methyl sites for hydroxylation is 1. The van der Waals surface area contributed by atoms with Crippen LogP contribution in [0.4, 0.5) is 0 Å². The molecular formula is C20H24N4O3. The highest BCUT2D eigenvalue weighted by molar-refractivity contribution is 6.35. The van der Waals surface area contributed by atoms with Gasteiger partial charge in [0.2, 0.25) is 5.89 Å². The first kappa shape index (κ1) is 17.7. The number of piperazine rings is 1. The van der Waals surface area contributed by atoms with Gasteiger partial charge in [0.05, 0.1) is 5.69 Å². The number of hydrogen-bond donors (Lipinski definition) is 1. The van der Waals surface area contributed by atoms with Crippen molar-refractivity contribution in [3.8, 4) is 11.5 Å². The molecule has 0 unspecified atom stereocenters. The number of nitrogens with zero attached hydrogens (tertiary/aromatic N) is 3. The molecule has 2 aliphatic rings. The van der Waals surface area contributed by atoms with E-state index in [4.69, 9.17) is 4.42 Å². The van der Waals surface area contributed by atoms with Crippen molar-refractivity contribution in [2.75, 3.05) is 26.2 Å². The summed E-state index contributed by atoms with van der Waals surface area (Å²) in [6, 6.07) is 8.28. The van der Waals surface area contributed by atoms with Gasteiger partial charge < -0.3 is 14.6 Å². The molecule has 1 N–H and O–H groups in total. The van der Waals surface area contributed by atoms with Crippen molar-refractivity contribution in [3.63, 3.8) is 0 Å². The zero-order valence-electron chi connectivity index (χ0n) is 15.5. The average molecular weight is 368 g/mol. The van der Waals surface area contributed by atoms with E-state index < -0.39 is 11.8 Å². The normalized spacial score (nSPS) is 17.7. The molecule has 142 valence electrons. The largest absolute Gasteiger partial charge is 0.444 e. The van der Waals surface area contributed by atoms with Gasteiger partial charge in [0, 0.05) is 44.3 Å². The van der Waals surface area contributed by atoms with Crippen LogP contribution in [-0.2, 0) is 16.1 Å². The van der Waals surface area contributed by atoms with Gasteiger partial charge in [-0.25, -0.2) is 4.98 Å². The third kappa shape index (κ3) is 4.36. The lowest BCUT2D eigenvalue weighted by molar-refractivity contribution is -0.147. The second-order valence-electron chi connectivity index (χ2n) is 7.33. The Balaban J connectivity index is 1.28. The van der Waals surface area contributed by atoms with Crippen LogP contribution in [0.1, 0.15) is 24.1 Å². The molecule has 1 aromatic heterocycles. The smallest absolute Gasteiger partial charge is 0.311 e. The van der Waals surface area contributed by atoms with E-state index in [1.54, 1.807) is 11.2 Å². The first-order chi connectivity index (χ1) is 13.1. The zero-order chi connectivity index (χ0) is 18.8. The highest BCUT2D eigenvalue weighted by Crippen LogP contribution is 2.20. The lowest BCUT2D eigenvalue weighted by Crippen LogP contribution is -2.52. The number of benzene rings is 1. The van der Waals surface area contributed by atoms with Crippen molar-refractivity contribution in [2.45, 2.75) is 32.4 Å². The highest BCUT2D eigenvalue weighted by atomic mass is 16.3. The van der Waals surface area contributed by atoms with E-state index in [0.717, 1.165) is 37.2 Å². The van der Waals surface area contributed by atoms with Gasteiger partial charge in [-0.2, -0.15) is 0 Å². The molecule has 1 aliphatic heterocycles. The predicted octanol–water partition coefficient (Wildman–Crippen LogP) is 1.57. The topological polar surface area (TPSA) is 78.7 Å². The summed E-state index contributed by atoms with van der Waals surface area (Å²) >= 11 is 0. The second-order valence-corrected chi connectivity index (χ2v) is 7.33. The first-order valence-corrected chi connectivity index (χ1v) is 9.42. The van der Waals surface area contributed by atoms with Crippen molar-refractivity contribution in [1.82, 2.24) is 20.1 Å². The van der Waals surface area contributed by atoms with E-state index in [0.29, 0.717) is 25.5 Å². The Morgan fingerprint density at radius 3 is 2.52 bits per heavy atom. The van der Waals surface area contributed by atoms with Crippen molar-refractivity contribution >= 4 is 11.8 Å². The van der Waals surface area contributed by atoms with E-state index in [9.17, 15) is 9.59 Å². The predicted molar refractivity (Wildman–Crippen MR) is 99.7 cm³/mol. The number of aromatic nitrogens is 1. The van der Waals surface area contributed by atoms with Crippen LogP contribution in [0.25, 0.3) is 11.5 Å². The highest BCUT2D eigenvalue weighted by Gasteiger charge is 2.30. The molecule has 2 amide bonds. The summed E-state index contributed by atoms with van der Waals surface area (Å²) in [5.41, 5.74) is 3.03. The molecule has 2 heterocycles. The van der Waals surface area contributed by atoms with Gasteiger partial charge in [0.1, 0.15) is 6.26 Å². The lowest BCUT2D eigenvalue weighted by atomic mass is 10.1. The van der Waals surface area contributed by atoms with Gasteiger partial charge in [0.15, 0.2) is 0 Å². The minimum absolute atomic E-state index is 0.206. The van der Waals surface area contributed by atoms with Crippen LogP contribution in [0.2, 0.25) is 0 Å². The number of rotatable bonds is 4. The molecule has 0 spiro atoms. The van der Waals surface area contributed by atoms with Gasteiger partial charge in [-0.05, 0) is 31.9 Å². The molecule has 2 fully saturated rings. The maximum Gasteiger partial charge on any atom is 0.311 e. The van der Waals surface area contributed by atoms with Gasteiger partial charge in [-0.1, -0.05) is 17.7 Å². The van der Waals surface area contributed by atoms with Crippen molar-refractivity contribution in [2.24, 2.45) is 0 Å². The van der Waals surface area contributed by atoms with E-state index >= 15 is 0 Å². The minimum atomic E-state index is -0.467. The summed E-state index contributed by atoms with van der Waals surface area (Å²) in [7, 11) is 0. The number of amides is 2. The van der Waals surface area contributed by atoms with Crippen LogP contribution in [0.5, 0.6) is 0 Å². The fourth-order valence-electron chi connectivity index (χ4n) is 3.16. The lowest BCUT2D eigenvalue weighted by Gasteiger charge is -2.33. The van der Waals surface area contributed by atoms with Crippen LogP contribution in [-0.4, -0.2) is 58.8 Å². The van der Waals surface area contributed by atoms with Gasteiger partial charge in [-0.3, -0.25) is 14.5 Å². The fraction of sp³-hybridized carbons (Fsp3) is 0.450. The second kappa shape index (κ2) is 7.52. The Morgan fingerprint density at radius 2 is 1.85 bits per heavy atom. The number of nitrogens with one attached hydrogen (secondary N) is 1. The van der Waals surface area contributed by atoms with Crippen molar-refractivity contribution in [3.05, 3.63) is 41.8 Å². The third-order valence-corrected chi connectivity index (χ3v) is 5.00. The maximum absolute atomic E-state index is 12.2. The SMILES string of the molecule is Cc1ccc(-c2nc(CN3CCN(C(=O)C(=O)NC4CC4)CC3)co2)cc1. The summed E-state index contributed by atoms with van der Waals surface area (Å²) in [4.78, 5) is 32.5. The number of carbonyl (C=O) groups is 2. The fourth-order valence-corrected chi connectivity index (χ4v) is 3.16.